The third-order valence-electron chi connectivity index (χ3n) is 3.82. The molecule has 136 valence electrons. The molecule has 3 rings (SSSR count). The van der Waals surface area contributed by atoms with Crippen LogP contribution in [-0.2, 0) is 9.59 Å². The lowest BCUT2D eigenvalue weighted by Crippen LogP contribution is -2.36. The molecule has 0 bridgehead atoms. The van der Waals surface area contributed by atoms with Crippen molar-refractivity contribution < 1.29 is 14.3 Å². The zero-order chi connectivity index (χ0) is 19.6. The minimum absolute atomic E-state index is 0.0972. The molecule has 0 fully saturated rings. The molecular formula is C18H15N5O3S. The Kier molecular flexibility index (Phi) is 5.09. The second-order valence-electron chi connectivity index (χ2n) is 5.51. The lowest BCUT2D eigenvalue weighted by molar-refractivity contribution is -0.135. The molecule has 0 atom stereocenters. The van der Waals surface area contributed by atoms with Gasteiger partial charge < -0.3 is 4.74 Å². The number of methoxy groups -OCH3 is 1. The van der Waals surface area contributed by atoms with E-state index in [2.05, 4.69) is 20.2 Å². The van der Waals surface area contributed by atoms with E-state index in [1.54, 1.807) is 44.6 Å². The second-order valence-corrected chi connectivity index (χ2v) is 6.31. The molecule has 1 N–H and O–H groups in total. The first-order chi connectivity index (χ1) is 13.0. The van der Waals surface area contributed by atoms with Gasteiger partial charge in [-0.15, -0.1) is 11.8 Å². The van der Waals surface area contributed by atoms with Crippen molar-refractivity contribution in [3.8, 4) is 17.1 Å². The first-order valence-corrected chi connectivity index (χ1v) is 9.02. The third kappa shape index (κ3) is 3.47. The van der Waals surface area contributed by atoms with Crippen LogP contribution in [0.25, 0.3) is 16.2 Å². The molecule has 2 heterocycles. The summed E-state index contributed by atoms with van der Waals surface area (Å²) < 4.78 is 5.15. The molecule has 1 aliphatic rings. The van der Waals surface area contributed by atoms with E-state index in [0.717, 1.165) is 5.01 Å². The summed E-state index contributed by atoms with van der Waals surface area (Å²) in [4.78, 5) is 36.4. The largest absolute Gasteiger partial charge is 0.497 e. The highest BCUT2D eigenvalue weighted by Crippen LogP contribution is 2.35. The average molecular weight is 381 g/mol. The van der Waals surface area contributed by atoms with Crippen LogP contribution in [0, 0.1) is 6.57 Å². The lowest BCUT2D eigenvalue weighted by Gasteiger charge is -2.18. The molecule has 9 heteroatoms. The molecule has 0 aliphatic carbocycles. The number of benzene rings is 1. The Morgan fingerprint density at radius 3 is 2.44 bits per heavy atom. The van der Waals surface area contributed by atoms with Crippen molar-refractivity contribution >= 4 is 35.1 Å². The predicted octanol–water partition coefficient (Wildman–Crippen LogP) is 3.07. The Bertz CT molecular complexity index is 995. The van der Waals surface area contributed by atoms with E-state index < -0.39 is 11.8 Å². The van der Waals surface area contributed by atoms with Gasteiger partial charge in [-0.25, -0.2) is 14.8 Å². The number of nitrogens with one attached hydrogen (secondary N) is 1. The Labute approximate surface area is 160 Å². The van der Waals surface area contributed by atoms with Gasteiger partial charge in [0.05, 0.1) is 13.7 Å². The molecule has 1 aromatic carbocycles. The number of hydrazine groups is 1. The number of carbonyl (C=O) groups is 2. The zero-order valence-corrected chi connectivity index (χ0v) is 15.6. The van der Waals surface area contributed by atoms with Crippen LogP contribution in [0.5, 0.6) is 5.75 Å². The number of rotatable bonds is 5. The van der Waals surface area contributed by atoms with Crippen molar-refractivity contribution in [3.05, 3.63) is 47.3 Å². The summed E-state index contributed by atoms with van der Waals surface area (Å²) in [6.45, 7) is 8.99. The van der Waals surface area contributed by atoms with Crippen LogP contribution in [0.2, 0.25) is 0 Å². The van der Waals surface area contributed by atoms with Gasteiger partial charge in [-0.2, -0.15) is 5.01 Å². The Balaban J connectivity index is 2.05. The molecule has 27 heavy (non-hydrogen) atoms. The highest BCUT2D eigenvalue weighted by atomic mass is 32.2. The van der Waals surface area contributed by atoms with Gasteiger partial charge in [0, 0.05) is 17.2 Å². The number of ether oxygens (including phenoxy) is 1. The van der Waals surface area contributed by atoms with E-state index in [9.17, 15) is 9.59 Å². The number of nitrogens with zero attached hydrogens (tertiary/aromatic N) is 4. The number of amides is 2. The summed E-state index contributed by atoms with van der Waals surface area (Å²) in [5, 5.41) is 1.28. The second kappa shape index (κ2) is 7.47. The fourth-order valence-electron chi connectivity index (χ4n) is 2.42. The van der Waals surface area contributed by atoms with Crippen LogP contribution < -0.4 is 10.2 Å². The highest BCUT2D eigenvalue weighted by Gasteiger charge is 2.30. The van der Waals surface area contributed by atoms with Gasteiger partial charge in [-0.3, -0.25) is 15.0 Å². The molecule has 1 aliphatic heterocycles. The molecule has 0 saturated carbocycles. The van der Waals surface area contributed by atoms with E-state index in [1.165, 1.54) is 17.8 Å². The number of aromatic nitrogens is 2. The summed E-state index contributed by atoms with van der Waals surface area (Å²) in [6.07, 6.45) is 3.02. The van der Waals surface area contributed by atoms with Crippen molar-refractivity contribution in [3.63, 3.8) is 0 Å². The third-order valence-corrected chi connectivity index (χ3v) is 4.50. The smallest absolute Gasteiger partial charge is 0.275 e. The summed E-state index contributed by atoms with van der Waals surface area (Å²) in [5.41, 5.74) is 3.84. The normalized spacial score (nSPS) is 13.4. The van der Waals surface area contributed by atoms with Gasteiger partial charge in [0.15, 0.2) is 11.6 Å². The molecular weight excluding hydrogens is 366 g/mol. The van der Waals surface area contributed by atoms with Gasteiger partial charge in [-0.1, -0.05) is 0 Å². The van der Waals surface area contributed by atoms with Crippen molar-refractivity contribution in [1.29, 1.82) is 0 Å². The highest BCUT2D eigenvalue weighted by molar-refractivity contribution is 7.98. The number of hydrogen-bond acceptors (Lipinski definition) is 7. The molecule has 2 aromatic rings. The number of anilines is 1. The minimum Gasteiger partial charge on any atom is -0.497 e. The fourth-order valence-corrected chi connectivity index (χ4v) is 2.94. The first-order valence-electron chi connectivity index (χ1n) is 7.79. The van der Waals surface area contributed by atoms with Gasteiger partial charge in [0.2, 0.25) is 0 Å². The summed E-state index contributed by atoms with van der Waals surface area (Å²) in [6, 6.07) is 7.12. The van der Waals surface area contributed by atoms with Crippen LogP contribution in [0.4, 0.5) is 11.5 Å². The Morgan fingerprint density at radius 2 is 1.93 bits per heavy atom. The van der Waals surface area contributed by atoms with E-state index in [4.69, 9.17) is 11.3 Å². The Hall–Kier alpha value is -3.38. The molecule has 0 spiro atoms. The fraction of sp³-hybridized carbons (Fsp3) is 0.167. The molecule has 0 radical (unpaired) electrons. The van der Waals surface area contributed by atoms with Crippen LogP contribution in [0.3, 0.4) is 0 Å². The van der Waals surface area contributed by atoms with E-state index >= 15 is 0 Å². The minimum atomic E-state index is -0.510. The molecule has 1 aromatic heterocycles. The molecule has 8 nitrogen and oxygen atoms in total. The predicted molar refractivity (Wildman–Crippen MR) is 101 cm³/mol. The van der Waals surface area contributed by atoms with Crippen LogP contribution in [-0.4, -0.2) is 40.2 Å². The van der Waals surface area contributed by atoms with Crippen molar-refractivity contribution in [2.24, 2.45) is 0 Å². The van der Waals surface area contributed by atoms with Gasteiger partial charge in [0.25, 0.3) is 17.5 Å². The van der Waals surface area contributed by atoms with Crippen molar-refractivity contribution in [1.82, 2.24) is 15.0 Å². The maximum absolute atomic E-state index is 12.1. The number of imide groups is 1. The maximum atomic E-state index is 12.1. The summed E-state index contributed by atoms with van der Waals surface area (Å²) in [7, 11) is 1.57. The average Bonchev–Trinajstić information content (AvgIpc) is 2.93. The topological polar surface area (TPSA) is 88.8 Å². The van der Waals surface area contributed by atoms with E-state index in [1.807, 2.05) is 0 Å². The van der Waals surface area contributed by atoms with Crippen molar-refractivity contribution in [2.45, 2.75) is 11.9 Å². The van der Waals surface area contributed by atoms with Crippen LogP contribution >= 0.6 is 11.8 Å². The first kappa shape index (κ1) is 18.4. The summed E-state index contributed by atoms with van der Waals surface area (Å²) in [5.74, 6) is 0.158. The van der Waals surface area contributed by atoms with Gasteiger partial charge in [-0.05, 0) is 37.4 Å². The number of thioether (sulfide) groups is 1. The number of carbonyl (C=O) groups excluding carboxylic acids is 2. The number of hydrogen-bond donors (Lipinski definition) is 1. The molecule has 0 unspecified atom stereocenters. The molecule has 2 amide bonds. The van der Waals surface area contributed by atoms with E-state index in [0.29, 0.717) is 27.7 Å². The van der Waals surface area contributed by atoms with E-state index in [-0.39, 0.29) is 11.5 Å². The quantitative estimate of drug-likeness (QED) is 0.368. The maximum Gasteiger partial charge on any atom is 0.275 e. The van der Waals surface area contributed by atoms with Gasteiger partial charge in [0.1, 0.15) is 10.8 Å². The molecule has 0 saturated heterocycles. The Morgan fingerprint density at radius 1 is 1.22 bits per heavy atom. The van der Waals surface area contributed by atoms with Gasteiger partial charge >= 0.3 is 0 Å². The standard InChI is InChI=1S/C18H15N5O3S/c1-10-9-13(24)23(18(10)25)22-16-14(19-2)17(27-4)21-15(20-16)11-5-7-12(26-3)8-6-11/h5-9H,1,3-4H3,(H,20,21,22). The zero-order valence-electron chi connectivity index (χ0n) is 14.8. The monoisotopic (exact) mass is 381 g/mol. The lowest BCUT2D eigenvalue weighted by atomic mass is 10.2. The van der Waals surface area contributed by atoms with Crippen LogP contribution in [0.15, 0.2) is 40.9 Å². The summed E-state index contributed by atoms with van der Waals surface area (Å²) >= 11 is 1.28. The van der Waals surface area contributed by atoms with Crippen LogP contribution in [0.1, 0.15) is 6.92 Å². The van der Waals surface area contributed by atoms with Crippen molar-refractivity contribution in [2.75, 3.05) is 18.8 Å². The SMILES string of the molecule is [C-]#[N+]c1c(NN2C(=O)C=C(C)C2=O)nc(-c2ccc(OC)cc2)nc1SC.